The first-order valence-corrected chi connectivity index (χ1v) is 9.87. The van der Waals surface area contributed by atoms with Crippen molar-refractivity contribution < 1.29 is 13.7 Å². The normalized spacial score (nSPS) is 16.6. The van der Waals surface area contributed by atoms with Crippen molar-refractivity contribution in [3.05, 3.63) is 60.2 Å². The van der Waals surface area contributed by atoms with Crippen LogP contribution in [0.5, 0.6) is 0 Å². The lowest BCUT2D eigenvalue weighted by Gasteiger charge is -2.30. The van der Waals surface area contributed by atoms with Gasteiger partial charge in [-0.05, 0) is 53.4 Å². The van der Waals surface area contributed by atoms with Crippen molar-refractivity contribution in [1.82, 2.24) is 10.1 Å². The molecule has 1 N–H and O–H groups in total. The smallest absolute Gasteiger partial charge is 0.266 e. The average Bonchev–Trinajstić information content (AvgIpc) is 3.24. The standard InChI is InChI=1S/C22H23FN4O2/c1-2-20-25-22(26-29-20)27-12-4-6-17(14-27)21(28)24-19-7-3-5-16(13-19)15-8-10-18(23)11-9-15/h3,5,7-11,13,17H,2,4,6,12,14H2,1H3,(H,24,28). The summed E-state index contributed by atoms with van der Waals surface area (Å²) in [6.07, 6.45) is 2.40. The zero-order valence-corrected chi connectivity index (χ0v) is 16.3. The molecule has 7 heteroatoms. The third kappa shape index (κ3) is 4.45. The molecule has 1 aliphatic rings. The molecule has 1 aliphatic heterocycles. The van der Waals surface area contributed by atoms with Crippen LogP contribution in [0.4, 0.5) is 16.0 Å². The van der Waals surface area contributed by atoms with Crippen LogP contribution in [0.15, 0.2) is 53.1 Å². The van der Waals surface area contributed by atoms with Gasteiger partial charge >= 0.3 is 0 Å². The highest BCUT2D eigenvalue weighted by Crippen LogP contribution is 2.25. The molecule has 3 aromatic rings. The zero-order valence-electron chi connectivity index (χ0n) is 16.3. The molecule has 0 saturated carbocycles. The number of amides is 1. The highest BCUT2D eigenvalue weighted by molar-refractivity contribution is 5.93. The Bertz CT molecular complexity index is 986. The first-order chi connectivity index (χ1) is 14.1. The van der Waals surface area contributed by atoms with Crippen LogP contribution in [0.25, 0.3) is 11.1 Å². The van der Waals surface area contributed by atoms with Crippen LogP contribution in [0.2, 0.25) is 0 Å². The van der Waals surface area contributed by atoms with Gasteiger partial charge < -0.3 is 14.7 Å². The van der Waals surface area contributed by atoms with Gasteiger partial charge in [-0.1, -0.05) is 31.2 Å². The van der Waals surface area contributed by atoms with Gasteiger partial charge in [0.05, 0.1) is 5.92 Å². The molecule has 0 radical (unpaired) electrons. The number of benzene rings is 2. The van der Waals surface area contributed by atoms with Crippen LogP contribution in [0, 0.1) is 11.7 Å². The molecule has 1 aromatic heterocycles. The second-order valence-corrected chi connectivity index (χ2v) is 7.20. The van der Waals surface area contributed by atoms with Gasteiger partial charge in [-0.25, -0.2) is 4.39 Å². The van der Waals surface area contributed by atoms with Crippen molar-refractivity contribution in [2.45, 2.75) is 26.2 Å². The summed E-state index contributed by atoms with van der Waals surface area (Å²) in [4.78, 5) is 19.2. The Morgan fingerprint density at radius 1 is 1.24 bits per heavy atom. The highest BCUT2D eigenvalue weighted by atomic mass is 19.1. The van der Waals surface area contributed by atoms with Crippen LogP contribution >= 0.6 is 0 Å². The molecule has 1 atom stereocenters. The Labute approximate surface area is 168 Å². The number of carbonyl (C=O) groups is 1. The monoisotopic (exact) mass is 394 g/mol. The Hall–Kier alpha value is -3.22. The fourth-order valence-corrected chi connectivity index (χ4v) is 3.55. The summed E-state index contributed by atoms with van der Waals surface area (Å²) in [6, 6.07) is 13.9. The number of aromatic nitrogens is 2. The van der Waals surface area contributed by atoms with Gasteiger partial charge in [-0.15, -0.1) is 0 Å². The minimum atomic E-state index is -0.271. The number of hydrogen-bond donors (Lipinski definition) is 1. The predicted octanol–water partition coefficient (Wildman–Crippen LogP) is 4.29. The number of anilines is 2. The summed E-state index contributed by atoms with van der Waals surface area (Å²) in [5.74, 6) is 0.710. The molecule has 1 fully saturated rings. The maximum absolute atomic E-state index is 13.2. The van der Waals surface area contributed by atoms with Crippen molar-refractivity contribution >= 4 is 17.5 Å². The Balaban J connectivity index is 1.43. The van der Waals surface area contributed by atoms with E-state index < -0.39 is 0 Å². The molecule has 0 aliphatic carbocycles. The molecule has 1 amide bonds. The molecule has 29 heavy (non-hydrogen) atoms. The molecule has 150 valence electrons. The molecule has 6 nitrogen and oxygen atoms in total. The molecule has 0 spiro atoms. The van der Waals surface area contributed by atoms with Gasteiger partial charge in [0.1, 0.15) is 5.82 Å². The van der Waals surface area contributed by atoms with Crippen molar-refractivity contribution in [3.63, 3.8) is 0 Å². The first-order valence-electron chi connectivity index (χ1n) is 9.87. The van der Waals surface area contributed by atoms with Gasteiger partial charge in [0, 0.05) is 25.2 Å². The minimum absolute atomic E-state index is 0.0230. The minimum Gasteiger partial charge on any atom is -0.337 e. The van der Waals surface area contributed by atoms with Crippen molar-refractivity contribution in [3.8, 4) is 11.1 Å². The van der Waals surface area contributed by atoms with Crippen LogP contribution < -0.4 is 10.2 Å². The van der Waals surface area contributed by atoms with Crippen LogP contribution in [0.1, 0.15) is 25.7 Å². The number of carbonyl (C=O) groups excluding carboxylic acids is 1. The van der Waals surface area contributed by atoms with Crippen LogP contribution in [-0.4, -0.2) is 29.1 Å². The van der Waals surface area contributed by atoms with Gasteiger partial charge in [0.15, 0.2) is 0 Å². The molecule has 4 rings (SSSR count). The Morgan fingerprint density at radius 3 is 2.83 bits per heavy atom. The molecule has 1 unspecified atom stereocenters. The molecule has 2 heterocycles. The van der Waals surface area contributed by atoms with E-state index in [0.29, 0.717) is 24.8 Å². The summed E-state index contributed by atoms with van der Waals surface area (Å²) in [5, 5.41) is 7.04. The lowest BCUT2D eigenvalue weighted by atomic mass is 9.97. The van der Waals surface area contributed by atoms with E-state index in [4.69, 9.17) is 4.52 Å². The molecular weight excluding hydrogens is 371 g/mol. The number of nitrogens with zero attached hydrogens (tertiary/aromatic N) is 3. The van der Waals surface area contributed by atoms with Gasteiger partial charge in [0.25, 0.3) is 5.95 Å². The van der Waals surface area contributed by atoms with E-state index in [1.54, 1.807) is 12.1 Å². The number of aryl methyl sites for hydroxylation is 1. The predicted molar refractivity (Wildman–Crippen MR) is 109 cm³/mol. The number of hydrogen-bond acceptors (Lipinski definition) is 5. The van der Waals surface area contributed by atoms with Crippen LogP contribution in [0.3, 0.4) is 0 Å². The topological polar surface area (TPSA) is 71.3 Å². The van der Waals surface area contributed by atoms with Gasteiger partial charge in [0.2, 0.25) is 11.8 Å². The largest absolute Gasteiger partial charge is 0.337 e. The van der Waals surface area contributed by atoms with E-state index in [0.717, 1.165) is 36.2 Å². The Morgan fingerprint density at radius 2 is 2.07 bits per heavy atom. The maximum atomic E-state index is 13.2. The molecular formula is C22H23FN4O2. The van der Waals surface area contributed by atoms with E-state index in [-0.39, 0.29) is 17.6 Å². The quantitative estimate of drug-likeness (QED) is 0.699. The van der Waals surface area contributed by atoms with E-state index in [2.05, 4.69) is 15.5 Å². The SMILES string of the molecule is CCc1nc(N2CCCC(C(=O)Nc3cccc(-c4ccc(F)cc4)c3)C2)no1. The lowest BCUT2D eigenvalue weighted by Crippen LogP contribution is -2.41. The van der Waals surface area contributed by atoms with Gasteiger partial charge in [-0.2, -0.15) is 4.98 Å². The number of halogens is 1. The van der Waals surface area contributed by atoms with E-state index in [9.17, 15) is 9.18 Å². The average molecular weight is 394 g/mol. The van der Waals surface area contributed by atoms with E-state index in [1.165, 1.54) is 12.1 Å². The summed E-state index contributed by atoms with van der Waals surface area (Å²) < 4.78 is 18.4. The first kappa shape index (κ1) is 19.1. The summed E-state index contributed by atoms with van der Waals surface area (Å²) in [7, 11) is 0. The van der Waals surface area contributed by atoms with Crippen molar-refractivity contribution in [2.24, 2.45) is 5.92 Å². The number of piperidine rings is 1. The zero-order chi connectivity index (χ0) is 20.2. The van der Waals surface area contributed by atoms with Crippen molar-refractivity contribution in [1.29, 1.82) is 0 Å². The fourth-order valence-electron chi connectivity index (χ4n) is 3.55. The summed E-state index contributed by atoms with van der Waals surface area (Å²) in [6.45, 7) is 3.34. The number of nitrogens with one attached hydrogen (secondary N) is 1. The third-order valence-corrected chi connectivity index (χ3v) is 5.14. The highest BCUT2D eigenvalue weighted by Gasteiger charge is 2.28. The number of rotatable bonds is 5. The molecule has 2 aromatic carbocycles. The molecule has 0 bridgehead atoms. The van der Waals surface area contributed by atoms with E-state index >= 15 is 0 Å². The van der Waals surface area contributed by atoms with Gasteiger partial charge in [-0.3, -0.25) is 4.79 Å². The second-order valence-electron chi connectivity index (χ2n) is 7.20. The summed E-state index contributed by atoms with van der Waals surface area (Å²) in [5.41, 5.74) is 2.55. The molecule has 1 saturated heterocycles. The Kier molecular flexibility index (Phi) is 5.55. The lowest BCUT2D eigenvalue weighted by molar-refractivity contribution is -0.120. The van der Waals surface area contributed by atoms with Crippen LogP contribution in [-0.2, 0) is 11.2 Å². The second kappa shape index (κ2) is 8.43. The van der Waals surface area contributed by atoms with E-state index in [1.807, 2.05) is 36.1 Å². The fraction of sp³-hybridized carbons (Fsp3) is 0.318. The third-order valence-electron chi connectivity index (χ3n) is 5.14. The van der Waals surface area contributed by atoms with Crippen molar-refractivity contribution in [2.75, 3.05) is 23.3 Å². The summed E-state index contributed by atoms with van der Waals surface area (Å²) >= 11 is 0. The maximum Gasteiger partial charge on any atom is 0.266 e.